The highest BCUT2D eigenvalue weighted by Crippen LogP contribution is 2.13. The van der Waals surface area contributed by atoms with Gasteiger partial charge in [0.1, 0.15) is 13.7 Å². The van der Waals surface area contributed by atoms with Crippen molar-refractivity contribution < 1.29 is 8.78 Å². The van der Waals surface area contributed by atoms with Crippen LogP contribution >= 0.6 is 0 Å². The molecule has 6 heteroatoms. The van der Waals surface area contributed by atoms with Gasteiger partial charge in [0.05, 0.1) is 12.1 Å². The lowest BCUT2D eigenvalue weighted by atomic mass is 9.99. The standard InChI is InChI=1S/C9H8BF2N3/c1-5-14-9-7(2-6(10)3-13-9)15(5)4-8(11)12/h2-3,8H,4H2,1H3. The maximum atomic E-state index is 12.3. The highest BCUT2D eigenvalue weighted by atomic mass is 19.3. The average molecular weight is 207 g/mol. The Bertz CT molecular complexity index is 495. The Balaban J connectivity index is 2.60. The summed E-state index contributed by atoms with van der Waals surface area (Å²) in [6.45, 7) is 1.29. The number of halogens is 2. The lowest BCUT2D eigenvalue weighted by Gasteiger charge is -2.05. The fourth-order valence-corrected chi connectivity index (χ4v) is 1.50. The van der Waals surface area contributed by atoms with E-state index >= 15 is 0 Å². The molecule has 0 saturated heterocycles. The molecule has 2 heterocycles. The highest BCUT2D eigenvalue weighted by Gasteiger charge is 2.12. The summed E-state index contributed by atoms with van der Waals surface area (Å²) in [7, 11) is 5.54. The number of alkyl halides is 2. The van der Waals surface area contributed by atoms with Crippen LogP contribution in [0.1, 0.15) is 5.82 Å². The molecule has 15 heavy (non-hydrogen) atoms. The molecule has 2 aromatic heterocycles. The van der Waals surface area contributed by atoms with Crippen molar-refractivity contribution in [1.82, 2.24) is 14.5 Å². The Kier molecular flexibility index (Phi) is 2.42. The van der Waals surface area contributed by atoms with Crippen LogP contribution in [0.2, 0.25) is 0 Å². The number of hydrogen-bond donors (Lipinski definition) is 0. The van der Waals surface area contributed by atoms with E-state index in [9.17, 15) is 8.78 Å². The fraction of sp³-hybridized carbons (Fsp3) is 0.333. The van der Waals surface area contributed by atoms with Crippen LogP contribution in [-0.2, 0) is 6.54 Å². The molecule has 2 aromatic rings. The van der Waals surface area contributed by atoms with Gasteiger partial charge in [0.15, 0.2) is 5.65 Å². The third-order valence-corrected chi connectivity index (χ3v) is 2.14. The van der Waals surface area contributed by atoms with Gasteiger partial charge in [0, 0.05) is 6.20 Å². The minimum Gasteiger partial charge on any atom is -0.321 e. The third-order valence-electron chi connectivity index (χ3n) is 2.14. The van der Waals surface area contributed by atoms with E-state index in [0.29, 0.717) is 22.5 Å². The summed E-state index contributed by atoms with van der Waals surface area (Å²) in [6, 6.07) is 1.60. The van der Waals surface area contributed by atoms with E-state index in [2.05, 4.69) is 9.97 Å². The lowest BCUT2D eigenvalue weighted by Crippen LogP contribution is -2.10. The summed E-state index contributed by atoms with van der Waals surface area (Å²) in [4.78, 5) is 8.04. The maximum Gasteiger partial charge on any atom is 0.256 e. The van der Waals surface area contributed by atoms with Gasteiger partial charge in [-0.15, -0.1) is 0 Å². The summed E-state index contributed by atoms with van der Waals surface area (Å²) in [6.07, 6.45) is -0.955. The van der Waals surface area contributed by atoms with Crippen molar-refractivity contribution in [3.05, 3.63) is 18.1 Å². The Labute approximate surface area is 86.5 Å². The topological polar surface area (TPSA) is 30.7 Å². The van der Waals surface area contributed by atoms with Gasteiger partial charge < -0.3 is 4.57 Å². The van der Waals surface area contributed by atoms with Crippen molar-refractivity contribution in [3.63, 3.8) is 0 Å². The van der Waals surface area contributed by atoms with Crippen LogP contribution in [0.4, 0.5) is 8.78 Å². The number of nitrogens with zero attached hydrogens (tertiary/aromatic N) is 3. The molecule has 0 bridgehead atoms. The van der Waals surface area contributed by atoms with Crippen LogP contribution < -0.4 is 5.46 Å². The molecular weight excluding hydrogens is 199 g/mol. The number of imidazole rings is 1. The number of fused-ring (bicyclic) bond motifs is 1. The van der Waals surface area contributed by atoms with E-state index in [-0.39, 0.29) is 6.54 Å². The summed E-state index contributed by atoms with van der Waals surface area (Å²) in [5.74, 6) is 0.517. The molecule has 0 unspecified atom stereocenters. The second kappa shape index (κ2) is 3.60. The molecule has 0 amide bonds. The third kappa shape index (κ3) is 1.84. The van der Waals surface area contributed by atoms with Gasteiger partial charge >= 0.3 is 0 Å². The fourth-order valence-electron chi connectivity index (χ4n) is 1.50. The molecule has 3 nitrogen and oxygen atoms in total. The molecule has 0 saturated carbocycles. The Morgan fingerprint density at radius 1 is 1.53 bits per heavy atom. The molecule has 0 fully saturated rings. The van der Waals surface area contributed by atoms with E-state index < -0.39 is 6.43 Å². The summed E-state index contributed by atoms with van der Waals surface area (Å²) >= 11 is 0. The van der Waals surface area contributed by atoms with Gasteiger partial charge in [0.2, 0.25) is 0 Å². The van der Waals surface area contributed by atoms with Crippen LogP contribution in [0.15, 0.2) is 12.3 Å². The first-order valence-electron chi connectivity index (χ1n) is 4.44. The molecule has 2 rings (SSSR count). The summed E-state index contributed by atoms with van der Waals surface area (Å²) in [5.41, 5.74) is 1.44. The Morgan fingerprint density at radius 2 is 2.27 bits per heavy atom. The number of hydrogen-bond acceptors (Lipinski definition) is 2. The predicted octanol–water partition coefficient (Wildman–Crippen LogP) is 0.799. The molecule has 0 spiro atoms. The molecule has 2 radical (unpaired) electrons. The van der Waals surface area contributed by atoms with Gasteiger partial charge in [0.25, 0.3) is 6.43 Å². The van der Waals surface area contributed by atoms with Gasteiger partial charge in [-0.25, -0.2) is 18.7 Å². The molecule has 0 aliphatic carbocycles. The zero-order valence-electron chi connectivity index (χ0n) is 8.11. The first-order valence-corrected chi connectivity index (χ1v) is 4.44. The normalized spacial score (nSPS) is 11.5. The first-order chi connectivity index (χ1) is 7.08. The number of rotatable bonds is 2. The quantitative estimate of drug-likeness (QED) is 0.681. The van der Waals surface area contributed by atoms with Crippen molar-refractivity contribution in [3.8, 4) is 0 Å². The smallest absolute Gasteiger partial charge is 0.256 e. The van der Waals surface area contributed by atoms with Crippen LogP contribution in [0.25, 0.3) is 11.2 Å². The largest absolute Gasteiger partial charge is 0.321 e. The molecule has 0 aliphatic heterocycles. The zero-order chi connectivity index (χ0) is 11.0. The van der Waals surface area contributed by atoms with E-state index in [0.717, 1.165) is 0 Å². The van der Waals surface area contributed by atoms with Gasteiger partial charge in [-0.3, -0.25) is 0 Å². The number of aryl methyl sites for hydroxylation is 1. The number of aromatic nitrogens is 3. The second-order valence-corrected chi connectivity index (χ2v) is 3.27. The van der Waals surface area contributed by atoms with E-state index in [1.165, 1.54) is 10.8 Å². The van der Waals surface area contributed by atoms with Crippen molar-refractivity contribution >= 4 is 24.5 Å². The minimum absolute atomic E-state index is 0.381. The van der Waals surface area contributed by atoms with Crippen LogP contribution in [-0.4, -0.2) is 28.8 Å². The minimum atomic E-state index is -2.41. The Hall–Kier alpha value is -1.46. The summed E-state index contributed by atoms with van der Waals surface area (Å²) < 4.78 is 26.0. The SMILES string of the molecule is [B]c1cnc2nc(C)n(CC(F)F)c2c1. The monoisotopic (exact) mass is 207 g/mol. The molecular formula is C9H8BF2N3. The number of pyridine rings is 1. The Morgan fingerprint density at radius 3 is 2.93 bits per heavy atom. The first kappa shape index (κ1) is 10.1. The van der Waals surface area contributed by atoms with Crippen molar-refractivity contribution in [1.29, 1.82) is 0 Å². The van der Waals surface area contributed by atoms with Crippen LogP contribution in [0.3, 0.4) is 0 Å². The summed E-state index contributed by atoms with van der Waals surface area (Å²) in [5, 5.41) is 0. The van der Waals surface area contributed by atoms with Gasteiger partial charge in [-0.05, 0) is 13.0 Å². The average Bonchev–Trinajstić information content (AvgIpc) is 2.43. The molecule has 76 valence electrons. The second-order valence-electron chi connectivity index (χ2n) is 3.27. The van der Waals surface area contributed by atoms with E-state index in [1.54, 1.807) is 13.0 Å². The van der Waals surface area contributed by atoms with Crippen molar-refractivity contribution in [2.45, 2.75) is 19.9 Å². The predicted molar refractivity (Wildman–Crippen MR) is 53.7 cm³/mol. The van der Waals surface area contributed by atoms with Crippen molar-refractivity contribution in [2.75, 3.05) is 0 Å². The van der Waals surface area contributed by atoms with Gasteiger partial charge in [-0.2, -0.15) is 0 Å². The zero-order valence-corrected chi connectivity index (χ0v) is 8.11. The van der Waals surface area contributed by atoms with Crippen molar-refractivity contribution in [2.24, 2.45) is 0 Å². The highest BCUT2D eigenvalue weighted by molar-refractivity contribution is 6.32. The molecule has 0 aliphatic rings. The molecule has 0 aromatic carbocycles. The van der Waals surface area contributed by atoms with Crippen LogP contribution in [0, 0.1) is 6.92 Å². The molecule has 0 atom stereocenters. The van der Waals surface area contributed by atoms with E-state index in [1.807, 2.05) is 0 Å². The van der Waals surface area contributed by atoms with E-state index in [4.69, 9.17) is 7.85 Å². The lowest BCUT2D eigenvalue weighted by molar-refractivity contribution is 0.127. The maximum absolute atomic E-state index is 12.3. The van der Waals surface area contributed by atoms with Crippen LogP contribution in [0.5, 0.6) is 0 Å². The molecule has 0 N–H and O–H groups in total. The van der Waals surface area contributed by atoms with Gasteiger partial charge in [-0.1, -0.05) is 5.46 Å².